The van der Waals surface area contributed by atoms with Crippen LogP contribution in [-0.4, -0.2) is 57.6 Å². The molecule has 2 amide bonds. The number of aromatic nitrogens is 2. The first-order valence-electron chi connectivity index (χ1n) is 11.7. The Morgan fingerprint density at radius 1 is 0.903 bits per heavy atom. The van der Waals surface area contributed by atoms with Crippen molar-refractivity contribution in [3.8, 4) is 5.69 Å². The number of carbonyl (C=O) groups excluding carboxylic acids is 2. The molecular formula is C25H34N4O2. The Morgan fingerprint density at radius 3 is 2.19 bits per heavy atom. The normalized spacial score (nSPS) is 18.1. The van der Waals surface area contributed by atoms with Gasteiger partial charge < -0.3 is 9.80 Å². The molecule has 0 N–H and O–H groups in total. The van der Waals surface area contributed by atoms with E-state index in [1.165, 1.54) is 12.8 Å². The van der Waals surface area contributed by atoms with Crippen LogP contribution in [0.25, 0.3) is 5.69 Å². The molecule has 0 unspecified atom stereocenters. The van der Waals surface area contributed by atoms with E-state index < -0.39 is 0 Å². The lowest BCUT2D eigenvalue weighted by molar-refractivity contribution is -0.140. The van der Waals surface area contributed by atoms with Crippen molar-refractivity contribution in [3.63, 3.8) is 0 Å². The van der Waals surface area contributed by atoms with Gasteiger partial charge in [0, 0.05) is 43.4 Å². The van der Waals surface area contributed by atoms with Crippen molar-refractivity contribution in [1.82, 2.24) is 19.6 Å². The first kappa shape index (κ1) is 21.6. The number of rotatable bonds is 4. The van der Waals surface area contributed by atoms with Crippen molar-refractivity contribution in [2.45, 2.75) is 58.8 Å². The number of amides is 2. The fourth-order valence-electron chi connectivity index (χ4n) is 4.94. The minimum absolute atomic E-state index is 0.0754. The van der Waals surface area contributed by atoms with Crippen molar-refractivity contribution < 1.29 is 9.59 Å². The molecule has 0 aliphatic carbocycles. The van der Waals surface area contributed by atoms with Crippen LogP contribution in [0.4, 0.5) is 0 Å². The van der Waals surface area contributed by atoms with Crippen LogP contribution >= 0.6 is 0 Å². The molecule has 1 aromatic carbocycles. The summed E-state index contributed by atoms with van der Waals surface area (Å²) in [6.45, 7) is 7.16. The second-order valence-electron chi connectivity index (χ2n) is 8.97. The number of hydrogen-bond donors (Lipinski definition) is 0. The molecule has 0 atom stereocenters. The highest BCUT2D eigenvalue weighted by atomic mass is 16.2. The van der Waals surface area contributed by atoms with Crippen LogP contribution in [-0.2, 0) is 16.0 Å². The Balaban J connectivity index is 1.35. The van der Waals surface area contributed by atoms with E-state index >= 15 is 0 Å². The van der Waals surface area contributed by atoms with Crippen molar-refractivity contribution in [2.24, 2.45) is 5.92 Å². The zero-order valence-electron chi connectivity index (χ0n) is 18.8. The average Bonchev–Trinajstić information content (AvgIpc) is 2.98. The van der Waals surface area contributed by atoms with E-state index in [2.05, 4.69) is 10.00 Å². The van der Waals surface area contributed by atoms with E-state index in [-0.39, 0.29) is 11.8 Å². The van der Waals surface area contributed by atoms with Gasteiger partial charge in [-0.25, -0.2) is 4.68 Å². The van der Waals surface area contributed by atoms with Gasteiger partial charge in [0.25, 0.3) is 0 Å². The minimum Gasteiger partial charge on any atom is -0.342 e. The van der Waals surface area contributed by atoms with Gasteiger partial charge in [0.1, 0.15) is 0 Å². The third kappa shape index (κ3) is 4.83. The summed E-state index contributed by atoms with van der Waals surface area (Å²) < 4.78 is 1.92. The van der Waals surface area contributed by atoms with Crippen molar-refractivity contribution in [1.29, 1.82) is 0 Å². The molecule has 6 heteroatoms. The molecule has 2 saturated heterocycles. The molecule has 2 aliphatic rings. The maximum atomic E-state index is 13.0. The summed E-state index contributed by atoms with van der Waals surface area (Å²) in [5.74, 6) is 0.524. The van der Waals surface area contributed by atoms with Crippen LogP contribution < -0.4 is 0 Å². The number of hydrogen-bond acceptors (Lipinski definition) is 3. The molecule has 0 radical (unpaired) electrons. The highest BCUT2D eigenvalue weighted by Gasteiger charge is 2.31. The average molecular weight is 423 g/mol. The summed E-state index contributed by atoms with van der Waals surface area (Å²) in [4.78, 5) is 30.0. The standard InChI is InChI=1S/C25H34N4O2/c1-19-23(20(2)29(26-19)22-10-6-5-7-11-22)18-24(30)27-16-12-21(13-17-27)25(31)28-14-8-3-4-9-15-28/h5-7,10-11,21H,3-4,8-9,12-18H2,1-2H3. The second kappa shape index (κ2) is 9.67. The molecule has 2 aliphatic heterocycles. The molecular weight excluding hydrogens is 388 g/mol. The topological polar surface area (TPSA) is 58.4 Å². The second-order valence-corrected chi connectivity index (χ2v) is 8.97. The van der Waals surface area contributed by atoms with Crippen LogP contribution in [0.15, 0.2) is 30.3 Å². The van der Waals surface area contributed by atoms with Crippen molar-refractivity contribution in [3.05, 3.63) is 47.3 Å². The van der Waals surface area contributed by atoms with Crippen LogP contribution in [0.1, 0.15) is 55.5 Å². The molecule has 6 nitrogen and oxygen atoms in total. The van der Waals surface area contributed by atoms with Crippen molar-refractivity contribution in [2.75, 3.05) is 26.2 Å². The number of piperidine rings is 1. The predicted molar refractivity (Wildman–Crippen MR) is 121 cm³/mol. The molecule has 3 heterocycles. The summed E-state index contributed by atoms with van der Waals surface area (Å²) in [5, 5.41) is 4.67. The Morgan fingerprint density at radius 2 is 1.55 bits per heavy atom. The minimum atomic E-state index is 0.0754. The van der Waals surface area contributed by atoms with Gasteiger partial charge in [-0.05, 0) is 51.7 Å². The quantitative estimate of drug-likeness (QED) is 0.755. The van der Waals surface area contributed by atoms with Gasteiger partial charge in [-0.2, -0.15) is 5.10 Å². The van der Waals surface area contributed by atoms with Crippen LogP contribution in [0.2, 0.25) is 0 Å². The number of benzene rings is 1. The Kier molecular flexibility index (Phi) is 6.73. The number of nitrogens with zero attached hydrogens (tertiary/aromatic N) is 4. The number of aryl methyl sites for hydroxylation is 1. The molecule has 4 rings (SSSR count). The molecule has 2 aromatic rings. The summed E-state index contributed by atoms with van der Waals surface area (Å²) >= 11 is 0. The highest BCUT2D eigenvalue weighted by Crippen LogP contribution is 2.24. The molecule has 0 bridgehead atoms. The SMILES string of the molecule is Cc1nn(-c2ccccc2)c(C)c1CC(=O)N1CCC(C(=O)N2CCCCCC2)CC1. The fraction of sp³-hybridized carbons (Fsp3) is 0.560. The highest BCUT2D eigenvalue weighted by molar-refractivity contribution is 5.81. The van der Waals surface area contributed by atoms with Gasteiger partial charge in [-0.15, -0.1) is 0 Å². The summed E-state index contributed by atoms with van der Waals surface area (Å²) in [6.07, 6.45) is 6.64. The molecule has 1 aromatic heterocycles. The van der Waals surface area contributed by atoms with E-state index in [9.17, 15) is 9.59 Å². The van der Waals surface area contributed by atoms with E-state index in [0.29, 0.717) is 25.4 Å². The van der Waals surface area contributed by atoms with Gasteiger partial charge in [0.15, 0.2) is 0 Å². The number of likely N-dealkylation sites (tertiary alicyclic amines) is 2. The first-order valence-corrected chi connectivity index (χ1v) is 11.7. The third-order valence-corrected chi connectivity index (χ3v) is 6.88. The fourth-order valence-corrected chi connectivity index (χ4v) is 4.94. The summed E-state index contributed by atoms with van der Waals surface area (Å²) in [6, 6.07) is 10.0. The maximum absolute atomic E-state index is 13.0. The maximum Gasteiger partial charge on any atom is 0.227 e. The van der Waals surface area contributed by atoms with Gasteiger partial charge in [-0.1, -0.05) is 31.0 Å². The van der Waals surface area contributed by atoms with E-state index in [4.69, 9.17) is 0 Å². The van der Waals surface area contributed by atoms with E-state index in [1.807, 2.05) is 53.8 Å². The molecule has 31 heavy (non-hydrogen) atoms. The number of para-hydroxylation sites is 1. The van der Waals surface area contributed by atoms with E-state index in [1.54, 1.807) is 0 Å². The first-order chi connectivity index (χ1) is 15.0. The van der Waals surface area contributed by atoms with Gasteiger partial charge in [0.2, 0.25) is 11.8 Å². The van der Waals surface area contributed by atoms with Crippen LogP contribution in [0.5, 0.6) is 0 Å². The number of carbonyl (C=O) groups is 2. The van der Waals surface area contributed by atoms with Crippen molar-refractivity contribution >= 4 is 11.8 Å². The Hall–Kier alpha value is -2.63. The summed E-state index contributed by atoms with van der Waals surface area (Å²) in [5.41, 5.74) is 3.94. The molecule has 166 valence electrons. The summed E-state index contributed by atoms with van der Waals surface area (Å²) in [7, 11) is 0. The largest absolute Gasteiger partial charge is 0.342 e. The van der Waals surface area contributed by atoms with E-state index in [0.717, 1.165) is 61.4 Å². The monoisotopic (exact) mass is 422 g/mol. The lowest BCUT2D eigenvalue weighted by Crippen LogP contribution is -2.45. The third-order valence-electron chi connectivity index (χ3n) is 6.88. The predicted octanol–water partition coefficient (Wildman–Crippen LogP) is 3.67. The smallest absolute Gasteiger partial charge is 0.227 e. The van der Waals surface area contributed by atoms with Gasteiger partial charge in [-0.3, -0.25) is 9.59 Å². The Bertz CT molecular complexity index is 905. The molecule has 2 fully saturated rings. The van der Waals surface area contributed by atoms with Gasteiger partial charge in [0.05, 0.1) is 17.8 Å². The van der Waals surface area contributed by atoms with Gasteiger partial charge >= 0.3 is 0 Å². The molecule has 0 saturated carbocycles. The Labute approximate surface area is 185 Å². The van der Waals surface area contributed by atoms with Crippen LogP contribution in [0, 0.1) is 19.8 Å². The lowest BCUT2D eigenvalue weighted by atomic mass is 9.94. The molecule has 0 spiro atoms. The zero-order chi connectivity index (χ0) is 21.8. The van der Waals surface area contributed by atoms with Crippen LogP contribution in [0.3, 0.4) is 0 Å². The lowest BCUT2D eigenvalue weighted by Gasteiger charge is -2.34. The zero-order valence-corrected chi connectivity index (χ0v) is 18.8.